The zero-order valence-corrected chi connectivity index (χ0v) is 11.4. The molecule has 0 aliphatic carbocycles. The van der Waals surface area contributed by atoms with E-state index in [0.717, 1.165) is 0 Å². The van der Waals surface area contributed by atoms with E-state index < -0.39 is 31.2 Å². The molecule has 8 heteroatoms. The van der Waals surface area contributed by atoms with E-state index >= 15 is 0 Å². The van der Waals surface area contributed by atoms with Crippen LogP contribution in [0.1, 0.15) is 26.2 Å². The fourth-order valence-corrected chi connectivity index (χ4v) is 5.30. The molecule has 0 unspecified atom stereocenters. The highest BCUT2D eigenvalue weighted by molar-refractivity contribution is 7.92. The lowest BCUT2D eigenvalue weighted by atomic mass is 10.2. The number of aliphatic hydroxyl groups excluding tert-OH is 1. The summed E-state index contributed by atoms with van der Waals surface area (Å²) >= 11 is 0. The van der Waals surface area contributed by atoms with Crippen molar-refractivity contribution in [1.29, 1.82) is 0 Å². The molecule has 0 radical (unpaired) electrons. The summed E-state index contributed by atoms with van der Waals surface area (Å²) in [6.07, 6.45) is 0.778. The Kier molecular flexibility index (Phi) is 4.94. The van der Waals surface area contributed by atoms with Crippen LogP contribution in [0.25, 0.3) is 0 Å². The van der Waals surface area contributed by atoms with Crippen LogP contribution in [0.2, 0.25) is 0 Å². The fraction of sp³-hybridized carbons (Fsp3) is 1.00. The van der Waals surface area contributed by atoms with Crippen molar-refractivity contribution in [3.05, 3.63) is 0 Å². The van der Waals surface area contributed by atoms with Crippen LogP contribution in [-0.4, -0.2) is 51.3 Å². The number of aliphatic hydroxyl groups is 1. The lowest BCUT2D eigenvalue weighted by Crippen LogP contribution is -2.45. The monoisotopic (exact) mass is 285 g/mol. The van der Waals surface area contributed by atoms with Crippen molar-refractivity contribution in [2.75, 3.05) is 18.1 Å². The standard InChI is InChI=1S/C9H19NO5S2/c1-2-8(7-11)10-17(14,15)9-3-5-16(12,13)6-4-9/h8-11H,2-7H2,1H3/t8-/m1/s1. The van der Waals surface area contributed by atoms with E-state index in [1.807, 2.05) is 0 Å². The third-order valence-corrected chi connectivity index (χ3v) is 6.71. The largest absolute Gasteiger partial charge is 0.395 e. The first-order valence-electron chi connectivity index (χ1n) is 5.63. The number of rotatable bonds is 5. The van der Waals surface area contributed by atoms with Gasteiger partial charge in [0, 0.05) is 6.04 Å². The van der Waals surface area contributed by atoms with Gasteiger partial charge in [0.1, 0.15) is 9.84 Å². The normalized spacial score (nSPS) is 23.4. The summed E-state index contributed by atoms with van der Waals surface area (Å²) in [5.74, 6) is -0.150. The number of sulfone groups is 1. The Morgan fingerprint density at radius 1 is 1.35 bits per heavy atom. The van der Waals surface area contributed by atoms with Crippen LogP contribution in [0, 0.1) is 0 Å². The Morgan fingerprint density at radius 2 is 1.88 bits per heavy atom. The highest BCUT2D eigenvalue weighted by Crippen LogP contribution is 2.19. The van der Waals surface area contributed by atoms with Gasteiger partial charge in [-0.3, -0.25) is 0 Å². The molecule has 0 amide bonds. The van der Waals surface area contributed by atoms with Gasteiger partial charge in [-0.25, -0.2) is 21.6 Å². The van der Waals surface area contributed by atoms with Crippen molar-refractivity contribution in [2.45, 2.75) is 37.5 Å². The molecule has 102 valence electrons. The van der Waals surface area contributed by atoms with Gasteiger partial charge in [-0.15, -0.1) is 0 Å². The summed E-state index contributed by atoms with van der Waals surface area (Å²) in [5, 5.41) is 8.29. The lowest BCUT2D eigenvalue weighted by Gasteiger charge is -2.24. The Labute approximate surface area is 102 Å². The Morgan fingerprint density at radius 3 is 2.29 bits per heavy atom. The van der Waals surface area contributed by atoms with Gasteiger partial charge in [-0.2, -0.15) is 0 Å². The third kappa shape index (κ3) is 4.20. The molecular weight excluding hydrogens is 266 g/mol. The summed E-state index contributed by atoms with van der Waals surface area (Å²) in [5.41, 5.74) is 0. The Hall–Kier alpha value is -0.180. The molecule has 1 aliphatic rings. The van der Waals surface area contributed by atoms with E-state index in [2.05, 4.69) is 4.72 Å². The predicted molar refractivity (Wildman–Crippen MR) is 64.9 cm³/mol. The minimum absolute atomic E-state index is 0.0749. The summed E-state index contributed by atoms with van der Waals surface area (Å²) in [4.78, 5) is 0. The maximum atomic E-state index is 11.9. The zero-order chi connectivity index (χ0) is 13.1. The molecular formula is C9H19NO5S2. The summed E-state index contributed by atoms with van der Waals surface area (Å²) in [6.45, 7) is 1.52. The van der Waals surface area contributed by atoms with Crippen molar-refractivity contribution >= 4 is 19.9 Å². The SMILES string of the molecule is CC[C@H](CO)NS(=O)(=O)C1CCS(=O)(=O)CC1. The quantitative estimate of drug-likeness (QED) is 0.692. The maximum absolute atomic E-state index is 11.9. The molecule has 1 aliphatic heterocycles. The molecule has 1 heterocycles. The second-order valence-corrected chi connectivity index (χ2v) is 8.60. The van der Waals surface area contributed by atoms with E-state index in [4.69, 9.17) is 5.11 Å². The molecule has 1 rings (SSSR count). The average molecular weight is 285 g/mol. The molecule has 0 saturated carbocycles. The first-order valence-corrected chi connectivity index (χ1v) is 9.00. The highest BCUT2D eigenvalue weighted by Gasteiger charge is 2.33. The van der Waals surface area contributed by atoms with Crippen LogP contribution in [-0.2, 0) is 19.9 Å². The van der Waals surface area contributed by atoms with Gasteiger partial charge in [-0.05, 0) is 19.3 Å². The van der Waals surface area contributed by atoms with Crippen LogP contribution in [0.4, 0.5) is 0 Å². The van der Waals surface area contributed by atoms with Gasteiger partial charge in [0.2, 0.25) is 10.0 Å². The molecule has 0 aromatic carbocycles. The first kappa shape index (κ1) is 14.9. The second kappa shape index (κ2) is 5.64. The van der Waals surface area contributed by atoms with Crippen molar-refractivity contribution in [3.8, 4) is 0 Å². The fourth-order valence-electron chi connectivity index (χ4n) is 1.76. The van der Waals surface area contributed by atoms with Crippen LogP contribution < -0.4 is 4.72 Å². The van der Waals surface area contributed by atoms with Gasteiger partial charge < -0.3 is 5.11 Å². The molecule has 0 bridgehead atoms. The molecule has 1 atom stereocenters. The second-order valence-electron chi connectivity index (χ2n) is 4.30. The van der Waals surface area contributed by atoms with Gasteiger partial charge in [0.25, 0.3) is 0 Å². The van der Waals surface area contributed by atoms with Crippen molar-refractivity contribution in [3.63, 3.8) is 0 Å². The molecule has 6 nitrogen and oxygen atoms in total. The smallest absolute Gasteiger partial charge is 0.214 e. The molecule has 0 aromatic rings. The van der Waals surface area contributed by atoms with Gasteiger partial charge in [-0.1, -0.05) is 6.92 Å². The Bertz CT molecular complexity index is 424. The van der Waals surface area contributed by atoms with Crippen molar-refractivity contribution in [2.24, 2.45) is 0 Å². The van der Waals surface area contributed by atoms with E-state index in [9.17, 15) is 16.8 Å². The van der Waals surface area contributed by atoms with Crippen LogP contribution in [0.3, 0.4) is 0 Å². The molecule has 0 aromatic heterocycles. The molecule has 1 fully saturated rings. The number of hydrogen-bond donors (Lipinski definition) is 2. The maximum Gasteiger partial charge on any atom is 0.214 e. The van der Waals surface area contributed by atoms with E-state index in [0.29, 0.717) is 6.42 Å². The number of nitrogens with one attached hydrogen (secondary N) is 1. The summed E-state index contributed by atoms with van der Waals surface area (Å²) in [7, 11) is -6.59. The van der Waals surface area contributed by atoms with Crippen LogP contribution in [0.15, 0.2) is 0 Å². The van der Waals surface area contributed by atoms with Gasteiger partial charge in [0.05, 0.1) is 23.4 Å². The minimum Gasteiger partial charge on any atom is -0.395 e. The predicted octanol–water partition coefficient (Wildman–Crippen LogP) is -0.746. The first-order chi connectivity index (χ1) is 7.80. The molecule has 0 spiro atoms. The van der Waals surface area contributed by atoms with Crippen molar-refractivity contribution in [1.82, 2.24) is 4.72 Å². The number of hydrogen-bond acceptors (Lipinski definition) is 5. The molecule has 1 saturated heterocycles. The molecule has 2 N–H and O–H groups in total. The zero-order valence-electron chi connectivity index (χ0n) is 9.79. The van der Waals surface area contributed by atoms with Crippen molar-refractivity contribution < 1.29 is 21.9 Å². The highest BCUT2D eigenvalue weighted by atomic mass is 32.2. The third-order valence-electron chi connectivity index (χ3n) is 2.98. The molecule has 17 heavy (non-hydrogen) atoms. The topological polar surface area (TPSA) is 101 Å². The van der Waals surface area contributed by atoms with Gasteiger partial charge in [0.15, 0.2) is 0 Å². The van der Waals surface area contributed by atoms with E-state index in [1.54, 1.807) is 6.92 Å². The van der Waals surface area contributed by atoms with Crippen LogP contribution >= 0.6 is 0 Å². The lowest BCUT2D eigenvalue weighted by molar-refractivity contribution is 0.253. The number of sulfonamides is 1. The Balaban J connectivity index is 2.66. The van der Waals surface area contributed by atoms with Gasteiger partial charge >= 0.3 is 0 Å². The van der Waals surface area contributed by atoms with Crippen LogP contribution in [0.5, 0.6) is 0 Å². The minimum atomic E-state index is -3.53. The summed E-state index contributed by atoms with van der Waals surface area (Å²) < 4.78 is 48.6. The van der Waals surface area contributed by atoms with E-state index in [1.165, 1.54) is 0 Å². The summed E-state index contributed by atoms with van der Waals surface area (Å²) in [6, 6.07) is -0.487. The average Bonchev–Trinajstić information content (AvgIpc) is 2.25. The van der Waals surface area contributed by atoms with E-state index in [-0.39, 0.29) is 31.0 Å².